The minimum atomic E-state index is 0.493. The molecule has 138 valence electrons. The Morgan fingerprint density at radius 2 is 2.18 bits per heavy atom. The summed E-state index contributed by atoms with van der Waals surface area (Å²) in [5.74, 6) is 1.87. The highest BCUT2D eigenvalue weighted by molar-refractivity contribution is 7.23. The van der Waals surface area contributed by atoms with E-state index in [1.165, 1.54) is 17.7 Å². The SMILES string of the molecule is CCOc1ccccc1-c1sc2c(NN=Cc3ccco3)ncnc2c1C#N. The summed E-state index contributed by atoms with van der Waals surface area (Å²) in [4.78, 5) is 9.38. The predicted molar refractivity (Wildman–Crippen MR) is 109 cm³/mol. The van der Waals surface area contributed by atoms with Crippen LogP contribution in [-0.2, 0) is 0 Å². The lowest BCUT2D eigenvalue weighted by Crippen LogP contribution is -1.94. The first kappa shape index (κ1) is 17.7. The molecule has 7 nitrogen and oxygen atoms in total. The zero-order valence-electron chi connectivity index (χ0n) is 14.9. The quantitative estimate of drug-likeness (QED) is 0.380. The largest absolute Gasteiger partial charge is 0.493 e. The molecular formula is C20H15N5O2S. The van der Waals surface area contributed by atoms with Crippen LogP contribution in [0, 0.1) is 11.3 Å². The summed E-state index contributed by atoms with van der Waals surface area (Å²) in [6.45, 7) is 2.47. The van der Waals surface area contributed by atoms with Gasteiger partial charge < -0.3 is 9.15 Å². The van der Waals surface area contributed by atoms with Crippen LogP contribution >= 0.6 is 11.3 Å². The monoisotopic (exact) mass is 389 g/mol. The van der Waals surface area contributed by atoms with Crippen molar-refractivity contribution < 1.29 is 9.15 Å². The second-order valence-corrected chi connectivity index (χ2v) is 6.65. The van der Waals surface area contributed by atoms with Crippen LogP contribution in [0.3, 0.4) is 0 Å². The van der Waals surface area contributed by atoms with Crippen LogP contribution in [0.4, 0.5) is 5.82 Å². The van der Waals surface area contributed by atoms with Gasteiger partial charge in [-0.15, -0.1) is 11.3 Å². The number of nitriles is 1. The molecule has 1 N–H and O–H groups in total. The van der Waals surface area contributed by atoms with Crippen LogP contribution in [0.15, 0.2) is 58.5 Å². The highest BCUT2D eigenvalue weighted by atomic mass is 32.1. The highest BCUT2D eigenvalue weighted by Crippen LogP contribution is 2.43. The van der Waals surface area contributed by atoms with Crippen LogP contribution < -0.4 is 10.2 Å². The molecule has 4 aromatic rings. The zero-order chi connectivity index (χ0) is 19.3. The Labute approximate surface area is 164 Å². The van der Waals surface area contributed by atoms with Gasteiger partial charge in [0, 0.05) is 5.56 Å². The van der Waals surface area contributed by atoms with Gasteiger partial charge in [0.1, 0.15) is 29.4 Å². The van der Waals surface area contributed by atoms with Crippen molar-refractivity contribution in [3.63, 3.8) is 0 Å². The van der Waals surface area contributed by atoms with Crippen molar-refractivity contribution in [3.05, 3.63) is 60.3 Å². The van der Waals surface area contributed by atoms with Gasteiger partial charge in [0.05, 0.1) is 34.2 Å². The molecule has 0 unspecified atom stereocenters. The lowest BCUT2D eigenvalue weighted by Gasteiger charge is -2.08. The molecule has 0 amide bonds. The lowest BCUT2D eigenvalue weighted by molar-refractivity contribution is 0.341. The van der Waals surface area contributed by atoms with Gasteiger partial charge in [0.25, 0.3) is 0 Å². The average molecular weight is 389 g/mol. The highest BCUT2D eigenvalue weighted by Gasteiger charge is 2.20. The number of aromatic nitrogens is 2. The summed E-state index contributed by atoms with van der Waals surface area (Å²) < 4.78 is 11.7. The van der Waals surface area contributed by atoms with Crippen molar-refractivity contribution in [1.29, 1.82) is 5.26 Å². The number of thiophene rings is 1. The number of nitrogens with one attached hydrogen (secondary N) is 1. The maximum atomic E-state index is 9.77. The molecule has 3 heterocycles. The smallest absolute Gasteiger partial charge is 0.167 e. The summed E-state index contributed by atoms with van der Waals surface area (Å²) in [6.07, 6.45) is 4.54. The van der Waals surface area contributed by atoms with E-state index in [1.54, 1.807) is 24.6 Å². The standard InChI is InChI=1S/C20H15N5O2S/c1-2-26-16-8-4-3-7-14(16)18-15(10-21)17-19(28-18)20(23-12-22-17)25-24-11-13-6-5-9-27-13/h3-9,11-12H,2H2,1H3,(H,22,23,25). The first-order valence-corrected chi connectivity index (χ1v) is 9.35. The summed E-state index contributed by atoms with van der Waals surface area (Å²) in [5.41, 5.74) is 4.84. The van der Waals surface area contributed by atoms with Crippen molar-refractivity contribution in [2.75, 3.05) is 12.0 Å². The second-order valence-electron chi connectivity index (χ2n) is 5.63. The topological polar surface area (TPSA) is 96.3 Å². The Bertz CT molecular complexity index is 1180. The van der Waals surface area contributed by atoms with Gasteiger partial charge in [0.2, 0.25) is 0 Å². The molecule has 0 saturated carbocycles. The summed E-state index contributed by atoms with van der Waals surface area (Å²) in [7, 11) is 0. The van der Waals surface area contributed by atoms with E-state index < -0.39 is 0 Å². The molecule has 0 bridgehead atoms. The van der Waals surface area contributed by atoms with E-state index in [9.17, 15) is 5.26 Å². The molecule has 0 fully saturated rings. The number of ether oxygens (including phenoxy) is 1. The number of anilines is 1. The molecule has 8 heteroatoms. The van der Waals surface area contributed by atoms with Crippen molar-refractivity contribution in [2.45, 2.75) is 6.92 Å². The van der Waals surface area contributed by atoms with E-state index >= 15 is 0 Å². The van der Waals surface area contributed by atoms with Crippen LogP contribution in [-0.4, -0.2) is 22.8 Å². The van der Waals surface area contributed by atoms with E-state index in [-0.39, 0.29) is 0 Å². The van der Waals surface area contributed by atoms with E-state index in [2.05, 4.69) is 26.6 Å². The molecule has 3 aromatic heterocycles. The summed E-state index contributed by atoms with van der Waals surface area (Å²) >= 11 is 1.43. The molecule has 0 atom stereocenters. The average Bonchev–Trinajstić information content (AvgIpc) is 3.36. The van der Waals surface area contributed by atoms with Crippen LogP contribution in [0.5, 0.6) is 5.75 Å². The summed E-state index contributed by atoms with van der Waals surface area (Å²) in [5, 5.41) is 13.9. The zero-order valence-corrected chi connectivity index (χ0v) is 15.7. The number of rotatable bonds is 6. The molecule has 4 rings (SSSR count). The molecular weight excluding hydrogens is 374 g/mol. The molecule has 0 spiro atoms. The van der Waals surface area contributed by atoms with Gasteiger partial charge in [-0.25, -0.2) is 9.97 Å². The van der Waals surface area contributed by atoms with Gasteiger partial charge in [0.15, 0.2) is 5.82 Å². The molecule has 28 heavy (non-hydrogen) atoms. The molecule has 0 aliphatic carbocycles. The fourth-order valence-electron chi connectivity index (χ4n) is 2.74. The number of benzene rings is 1. The lowest BCUT2D eigenvalue weighted by atomic mass is 10.1. The molecule has 0 saturated heterocycles. The van der Waals surface area contributed by atoms with E-state index in [0.717, 1.165) is 20.9 Å². The summed E-state index contributed by atoms with van der Waals surface area (Å²) in [6, 6.07) is 13.5. The number of hydrogen-bond donors (Lipinski definition) is 1. The van der Waals surface area contributed by atoms with Gasteiger partial charge in [-0.1, -0.05) is 12.1 Å². The van der Waals surface area contributed by atoms with Crippen molar-refractivity contribution in [2.24, 2.45) is 5.10 Å². The first-order valence-electron chi connectivity index (χ1n) is 8.54. The number of hydrazone groups is 1. The maximum Gasteiger partial charge on any atom is 0.167 e. The van der Waals surface area contributed by atoms with E-state index in [0.29, 0.717) is 29.3 Å². The predicted octanol–water partition coefficient (Wildman–Crippen LogP) is 4.67. The van der Waals surface area contributed by atoms with Crippen LogP contribution in [0.25, 0.3) is 20.7 Å². The van der Waals surface area contributed by atoms with Crippen molar-refractivity contribution >= 4 is 33.6 Å². The number of furan rings is 1. The Hall–Kier alpha value is -3.70. The van der Waals surface area contributed by atoms with Gasteiger partial charge in [-0.05, 0) is 31.2 Å². The second kappa shape index (κ2) is 7.90. The van der Waals surface area contributed by atoms with Gasteiger partial charge in [-0.3, -0.25) is 5.43 Å². The fourth-order valence-corrected chi connectivity index (χ4v) is 3.91. The fraction of sp³-hybridized carbons (Fsp3) is 0.100. The van der Waals surface area contributed by atoms with Crippen LogP contribution in [0.2, 0.25) is 0 Å². The number of para-hydroxylation sites is 1. The van der Waals surface area contributed by atoms with Gasteiger partial charge in [-0.2, -0.15) is 10.4 Å². The number of fused-ring (bicyclic) bond motifs is 1. The minimum absolute atomic E-state index is 0.493. The number of nitrogens with zero attached hydrogens (tertiary/aromatic N) is 4. The first-order chi connectivity index (χ1) is 13.8. The van der Waals surface area contributed by atoms with E-state index in [1.807, 2.05) is 31.2 Å². The third-order valence-electron chi connectivity index (χ3n) is 3.92. The molecule has 0 aliphatic rings. The maximum absolute atomic E-state index is 9.77. The normalized spacial score (nSPS) is 11.0. The molecule has 0 radical (unpaired) electrons. The number of hydrogen-bond acceptors (Lipinski definition) is 8. The molecule has 1 aromatic carbocycles. The van der Waals surface area contributed by atoms with Crippen LogP contribution in [0.1, 0.15) is 18.2 Å². The molecule has 0 aliphatic heterocycles. The minimum Gasteiger partial charge on any atom is -0.493 e. The van der Waals surface area contributed by atoms with E-state index in [4.69, 9.17) is 9.15 Å². The third kappa shape index (κ3) is 3.31. The Kier molecular flexibility index (Phi) is 4.99. The van der Waals surface area contributed by atoms with Crippen molar-refractivity contribution in [3.8, 4) is 22.3 Å². The van der Waals surface area contributed by atoms with Gasteiger partial charge >= 0.3 is 0 Å². The Morgan fingerprint density at radius 1 is 1.29 bits per heavy atom. The Morgan fingerprint density at radius 3 is 2.96 bits per heavy atom. The Balaban J connectivity index is 1.79. The van der Waals surface area contributed by atoms with Crippen molar-refractivity contribution in [1.82, 2.24) is 9.97 Å². The third-order valence-corrected chi connectivity index (χ3v) is 5.14.